The molecule has 2 nitrogen and oxygen atoms in total. The van der Waals surface area contributed by atoms with Gasteiger partial charge in [0.1, 0.15) is 9.45 Å². The molecule has 12 heavy (non-hydrogen) atoms. The largest absolute Gasteiger partial charge is 0.505 e. The first-order valence-corrected chi connectivity index (χ1v) is 5.12. The Hall–Kier alpha value is -0.320. The van der Waals surface area contributed by atoms with Crippen molar-refractivity contribution >= 4 is 22.6 Å². The van der Waals surface area contributed by atoms with Crippen molar-refractivity contribution in [1.29, 1.82) is 0 Å². The zero-order valence-electron chi connectivity index (χ0n) is 6.84. The zero-order valence-corrected chi connectivity index (χ0v) is 9.00. The molecule has 0 bridgehead atoms. The van der Waals surface area contributed by atoms with Gasteiger partial charge in [0.15, 0.2) is 0 Å². The van der Waals surface area contributed by atoms with Crippen molar-refractivity contribution in [3.63, 3.8) is 0 Å². The first-order valence-electron chi connectivity index (χ1n) is 4.04. The van der Waals surface area contributed by atoms with Crippen molar-refractivity contribution < 1.29 is 5.11 Å². The van der Waals surface area contributed by atoms with E-state index in [4.69, 9.17) is 0 Å². The lowest BCUT2D eigenvalue weighted by Gasteiger charge is -2.04. The third-order valence-corrected chi connectivity index (χ3v) is 3.00. The number of aromatic hydroxyl groups is 1. The van der Waals surface area contributed by atoms with Crippen LogP contribution >= 0.6 is 22.6 Å². The molecule has 0 saturated heterocycles. The number of hydrogen-bond acceptors (Lipinski definition) is 2. The molecule has 0 aromatic carbocycles. The Kier molecular flexibility index (Phi) is 1.98. The summed E-state index contributed by atoms with van der Waals surface area (Å²) in [4.78, 5) is 4.27. The van der Waals surface area contributed by atoms with E-state index in [1.165, 1.54) is 18.4 Å². The minimum absolute atomic E-state index is 0.322. The predicted octanol–water partition coefficient (Wildman–Crippen LogP) is 2.58. The van der Waals surface area contributed by atoms with Crippen LogP contribution in [-0.4, -0.2) is 10.1 Å². The highest BCUT2D eigenvalue weighted by atomic mass is 127. The van der Waals surface area contributed by atoms with Crippen molar-refractivity contribution in [3.05, 3.63) is 21.0 Å². The van der Waals surface area contributed by atoms with Crippen LogP contribution in [-0.2, 0) is 0 Å². The summed E-state index contributed by atoms with van der Waals surface area (Å²) >= 11 is 2.05. The summed E-state index contributed by atoms with van der Waals surface area (Å²) in [6.45, 7) is 2.01. The molecule has 0 amide bonds. The fourth-order valence-electron chi connectivity index (χ4n) is 1.39. The molecular weight excluding hydrogens is 265 g/mol. The SMILES string of the molecule is Cc1nc(I)c(O)cc1C1CC1. The second kappa shape index (κ2) is 2.87. The molecule has 0 aliphatic heterocycles. The van der Waals surface area contributed by atoms with Crippen LogP contribution < -0.4 is 0 Å². The Bertz CT molecular complexity index is 321. The molecule has 64 valence electrons. The molecule has 1 saturated carbocycles. The highest BCUT2D eigenvalue weighted by Crippen LogP contribution is 2.42. The standard InChI is InChI=1S/C9H10INO/c1-5-7(6-2-3-6)4-8(12)9(10)11-5/h4,6,12H,2-3H2,1H3. The van der Waals surface area contributed by atoms with Gasteiger partial charge in [0.05, 0.1) is 0 Å². The lowest BCUT2D eigenvalue weighted by Crippen LogP contribution is -1.93. The monoisotopic (exact) mass is 275 g/mol. The van der Waals surface area contributed by atoms with Crippen molar-refractivity contribution in [3.8, 4) is 5.75 Å². The van der Waals surface area contributed by atoms with Gasteiger partial charge < -0.3 is 5.11 Å². The van der Waals surface area contributed by atoms with Gasteiger partial charge in [0, 0.05) is 5.69 Å². The Balaban J connectivity index is 2.47. The summed E-state index contributed by atoms with van der Waals surface area (Å²) in [5.74, 6) is 0.989. The third-order valence-electron chi connectivity index (χ3n) is 2.20. The predicted molar refractivity (Wildman–Crippen MR) is 55.3 cm³/mol. The van der Waals surface area contributed by atoms with Crippen molar-refractivity contribution in [2.45, 2.75) is 25.7 Å². The van der Waals surface area contributed by atoms with Gasteiger partial charge in [-0.25, -0.2) is 4.98 Å². The van der Waals surface area contributed by atoms with Gasteiger partial charge in [-0.05, 0) is 59.9 Å². The minimum Gasteiger partial charge on any atom is -0.505 e. The molecular formula is C9H10INO. The van der Waals surface area contributed by atoms with Gasteiger partial charge in [-0.2, -0.15) is 0 Å². The molecule has 0 radical (unpaired) electrons. The number of halogens is 1. The summed E-state index contributed by atoms with van der Waals surface area (Å²) in [6, 6.07) is 1.86. The second-order valence-corrected chi connectivity index (χ2v) is 4.27. The first kappa shape index (κ1) is 8.29. The summed E-state index contributed by atoms with van der Waals surface area (Å²) in [7, 11) is 0. The maximum absolute atomic E-state index is 9.43. The van der Waals surface area contributed by atoms with Crippen LogP contribution in [0.5, 0.6) is 5.75 Å². The fourth-order valence-corrected chi connectivity index (χ4v) is 1.91. The molecule has 1 aliphatic rings. The van der Waals surface area contributed by atoms with E-state index < -0.39 is 0 Å². The molecule has 0 spiro atoms. The van der Waals surface area contributed by atoms with Crippen molar-refractivity contribution in [2.24, 2.45) is 0 Å². The normalized spacial score (nSPS) is 16.5. The van der Waals surface area contributed by atoms with Crippen molar-refractivity contribution in [2.75, 3.05) is 0 Å². The van der Waals surface area contributed by atoms with Gasteiger partial charge in [0.25, 0.3) is 0 Å². The number of aryl methyl sites for hydroxylation is 1. The van der Waals surface area contributed by atoms with E-state index in [9.17, 15) is 5.11 Å². The Morgan fingerprint density at radius 1 is 1.58 bits per heavy atom. The number of pyridine rings is 1. The van der Waals surface area contributed by atoms with E-state index >= 15 is 0 Å². The van der Waals surface area contributed by atoms with Gasteiger partial charge >= 0.3 is 0 Å². The minimum atomic E-state index is 0.322. The van der Waals surface area contributed by atoms with E-state index in [1.807, 2.05) is 35.6 Å². The van der Waals surface area contributed by atoms with E-state index in [0.717, 1.165) is 5.69 Å². The average Bonchev–Trinajstić information content (AvgIpc) is 2.79. The number of aromatic nitrogens is 1. The molecule has 3 heteroatoms. The van der Waals surface area contributed by atoms with Gasteiger partial charge in [0.2, 0.25) is 0 Å². The molecule has 1 heterocycles. The average molecular weight is 275 g/mol. The van der Waals surface area contributed by atoms with E-state index in [1.54, 1.807) is 0 Å². The topological polar surface area (TPSA) is 33.1 Å². The van der Waals surface area contributed by atoms with Crippen LogP contribution in [0.25, 0.3) is 0 Å². The van der Waals surface area contributed by atoms with Gasteiger partial charge in [-0.3, -0.25) is 0 Å². The molecule has 0 atom stereocenters. The van der Waals surface area contributed by atoms with E-state index in [-0.39, 0.29) is 0 Å². The molecule has 2 rings (SSSR count). The van der Waals surface area contributed by atoms with Crippen LogP contribution in [0.4, 0.5) is 0 Å². The number of nitrogens with zero attached hydrogens (tertiary/aromatic N) is 1. The summed E-state index contributed by atoms with van der Waals surface area (Å²) in [5.41, 5.74) is 2.30. The Labute approximate surface area is 85.2 Å². The van der Waals surface area contributed by atoms with E-state index in [0.29, 0.717) is 15.4 Å². The Morgan fingerprint density at radius 3 is 2.83 bits per heavy atom. The second-order valence-electron chi connectivity index (χ2n) is 3.25. The van der Waals surface area contributed by atoms with Gasteiger partial charge in [-0.15, -0.1) is 0 Å². The zero-order chi connectivity index (χ0) is 8.72. The summed E-state index contributed by atoms with van der Waals surface area (Å²) < 4.78 is 0.703. The van der Waals surface area contributed by atoms with Crippen LogP contribution in [0.15, 0.2) is 6.07 Å². The maximum atomic E-state index is 9.43. The van der Waals surface area contributed by atoms with E-state index in [2.05, 4.69) is 4.98 Å². The van der Waals surface area contributed by atoms with Crippen molar-refractivity contribution in [1.82, 2.24) is 4.98 Å². The number of hydrogen-bond donors (Lipinski definition) is 1. The smallest absolute Gasteiger partial charge is 0.147 e. The van der Waals surface area contributed by atoms with Crippen LogP contribution in [0, 0.1) is 10.6 Å². The third kappa shape index (κ3) is 1.42. The first-order chi connectivity index (χ1) is 5.68. The number of rotatable bonds is 1. The highest BCUT2D eigenvalue weighted by molar-refractivity contribution is 14.1. The molecule has 1 aromatic heterocycles. The molecule has 1 fully saturated rings. The summed E-state index contributed by atoms with van der Waals surface area (Å²) in [6.07, 6.45) is 2.51. The quantitative estimate of drug-likeness (QED) is 0.631. The lowest BCUT2D eigenvalue weighted by molar-refractivity contribution is 0.466. The molecule has 1 N–H and O–H groups in total. The summed E-state index contributed by atoms with van der Waals surface area (Å²) in [5, 5.41) is 9.43. The fraction of sp³-hybridized carbons (Fsp3) is 0.444. The molecule has 1 aromatic rings. The molecule has 0 unspecified atom stereocenters. The maximum Gasteiger partial charge on any atom is 0.147 e. The van der Waals surface area contributed by atoms with Gasteiger partial charge in [-0.1, -0.05) is 0 Å². The highest BCUT2D eigenvalue weighted by Gasteiger charge is 2.26. The lowest BCUT2D eigenvalue weighted by atomic mass is 10.1. The van der Waals surface area contributed by atoms with Crippen LogP contribution in [0.1, 0.15) is 30.0 Å². The molecule has 1 aliphatic carbocycles. The van der Waals surface area contributed by atoms with Crippen LogP contribution in [0.3, 0.4) is 0 Å². The Morgan fingerprint density at radius 2 is 2.25 bits per heavy atom. The van der Waals surface area contributed by atoms with Crippen LogP contribution in [0.2, 0.25) is 0 Å².